The van der Waals surface area contributed by atoms with Crippen LogP contribution in [0.1, 0.15) is 0 Å². The van der Waals surface area contributed by atoms with Gasteiger partial charge in [-0.15, -0.1) is 0 Å². The van der Waals surface area contributed by atoms with Gasteiger partial charge < -0.3 is 0 Å². The molecular weight excluding hydrogens is 231 g/mol. The molecule has 1 aromatic carbocycles. The van der Waals surface area contributed by atoms with E-state index in [-0.39, 0.29) is 15.9 Å². The van der Waals surface area contributed by atoms with Gasteiger partial charge in [-0.3, -0.25) is 4.98 Å². The number of rotatable bonds is 0. The van der Waals surface area contributed by atoms with Gasteiger partial charge in [0.25, 0.3) is 0 Å². The van der Waals surface area contributed by atoms with Gasteiger partial charge in [-0.2, -0.15) is 0 Å². The fourth-order valence-electron chi connectivity index (χ4n) is 1.17. The molecule has 1 heterocycles. The molecule has 0 amide bonds. The van der Waals surface area contributed by atoms with Crippen LogP contribution in [-0.2, 0) is 0 Å². The standard InChI is InChI=1S/C9H3Cl2F2N/c10-5-7(12)4-2-1-3-14-9(4)6(11)8(5)13/h1-3H. The number of hydrogen-bond donors (Lipinski definition) is 0. The zero-order chi connectivity index (χ0) is 10.3. The minimum atomic E-state index is -0.975. The van der Waals surface area contributed by atoms with E-state index in [1.807, 2.05) is 0 Å². The van der Waals surface area contributed by atoms with Crippen molar-refractivity contribution in [2.24, 2.45) is 0 Å². The third-order valence-electron chi connectivity index (χ3n) is 1.83. The summed E-state index contributed by atoms with van der Waals surface area (Å²) in [5, 5.41) is -0.744. The highest BCUT2D eigenvalue weighted by Gasteiger charge is 2.17. The highest BCUT2D eigenvalue weighted by atomic mass is 35.5. The largest absolute Gasteiger partial charge is 0.254 e. The van der Waals surface area contributed by atoms with Gasteiger partial charge in [0.15, 0.2) is 11.6 Å². The van der Waals surface area contributed by atoms with E-state index >= 15 is 0 Å². The second-order valence-corrected chi connectivity index (χ2v) is 3.41. The molecule has 0 atom stereocenters. The van der Waals surface area contributed by atoms with Crippen LogP contribution in [0.25, 0.3) is 10.9 Å². The van der Waals surface area contributed by atoms with Crippen LogP contribution < -0.4 is 0 Å². The molecule has 2 rings (SSSR count). The Kier molecular flexibility index (Phi) is 2.29. The van der Waals surface area contributed by atoms with Crippen LogP contribution in [0.15, 0.2) is 18.3 Å². The molecule has 0 aliphatic rings. The maximum absolute atomic E-state index is 13.4. The minimum absolute atomic E-state index is 0.0774. The number of fused-ring (bicyclic) bond motifs is 1. The highest BCUT2D eigenvalue weighted by Crippen LogP contribution is 2.33. The Hall–Kier alpha value is -0.930. The quantitative estimate of drug-likeness (QED) is 0.498. The first-order chi connectivity index (χ1) is 6.63. The van der Waals surface area contributed by atoms with Gasteiger partial charge in [0.2, 0.25) is 0 Å². The van der Waals surface area contributed by atoms with Crippen molar-refractivity contribution in [1.29, 1.82) is 0 Å². The molecular formula is C9H3Cl2F2N. The fraction of sp³-hybridized carbons (Fsp3) is 0. The molecule has 0 spiro atoms. The summed E-state index contributed by atoms with van der Waals surface area (Å²) in [5.74, 6) is -1.81. The van der Waals surface area contributed by atoms with E-state index in [0.717, 1.165) is 0 Å². The molecule has 0 saturated carbocycles. The van der Waals surface area contributed by atoms with E-state index in [9.17, 15) is 8.78 Å². The van der Waals surface area contributed by atoms with Crippen molar-refractivity contribution in [3.63, 3.8) is 0 Å². The topological polar surface area (TPSA) is 12.9 Å². The molecule has 1 nitrogen and oxygen atoms in total. The summed E-state index contributed by atoms with van der Waals surface area (Å²) in [4.78, 5) is 3.77. The van der Waals surface area contributed by atoms with Crippen LogP contribution >= 0.6 is 23.2 Å². The maximum Gasteiger partial charge on any atom is 0.165 e. The first-order valence-corrected chi connectivity index (χ1v) is 4.45. The molecule has 0 N–H and O–H groups in total. The lowest BCUT2D eigenvalue weighted by Gasteiger charge is -2.04. The average molecular weight is 234 g/mol. The van der Waals surface area contributed by atoms with E-state index in [0.29, 0.717) is 0 Å². The molecule has 2 aromatic rings. The smallest absolute Gasteiger partial charge is 0.165 e. The summed E-state index contributed by atoms with van der Waals surface area (Å²) < 4.78 is 26.5. The number of nitrogens with zero attached hydrogens (tertiary/aromatic N) is 1. The summed E-state index contributed by atoms with van der Waals surface area (Å²) >= 11 is 11.0. The number of hydrogen-bond acceptors (Lipinski definition) is 1. The van der Waals surface area contributed by atoms with E-state index in [4.69, 9.17) is 23.2 Å². The summed E-state index contributed by atoms with van der Waals surface area (Å²) in [6.07, 6.45) is 1.40. The first kappa shape index (κ1) is 9.62. The van der Waals surface area contributed by atoms with E-state index in [1.165, 1.54) is 18.3 Å². The molecule has 0 aliphatic heterocycles. The Morgan fingerprint density at radius 2 is 1.79 bits per heavy atom. The molecule has 14 heavy (non-hydrogen) atoms. The number of halogens is 4. The first-order valence-electron chi connectivity index (χ1n) is 3.69. The lowest BCUT2D eigenvalue weighted by molar-refractivity contribution is 0.592. The fourth-order valence-corrected chi connectivity index (χ4v) is 1.66. The van der Waals surface area contributed by atoms with Gasteiger partial charge in [-0.25, -0.2) is 8.78 Å². The van der Waals surface area contributed by atoms with Crippen LogP contribution in [0.4, 0.5) is 8.78 Å². The number of benzene rings is 1. The van der Waals surface area contributed by atoms with E-state index in [2.05, 4.69) is 4.98 Å². The SMILES string of the molecule is Fc1c(Cl)c(F)c2cccnc2c1Cl. The van der Waals surface area contributed by atoms with Crippen LogP contribution in [0.5, 0.6) is 0 Å². The van der Waals surface area contributed by atoms with Crippen LogP contribution in [-0.4, -0.2) is 4.98 Å². The second kappa shape index (κ2) is 3.33. The van der Waals surface area contributed by atoms with Gasteiger partial charge in [0.05, 0.1) is 5.52 Å². The van der Waals surface area contributed by atoms with Gasteiger partial charge in [-0.05, 0) is 12.1 Å². The molecule has 72 valence electrons. The molecule has 0 fully saturated rings. The Balaban J connectivity index is 3.02. The predicted octanol–water partition coefficient (Wildman–Crippen LogP) is 3.82. The lowest BCUT2D eigenvalue weighted by Crippen LogP contribution is -1.91. The summed E-state index contributed by atoms with van der Waals surface area (Å²) in [6.45, 7) is 0. The third kappa shape index (κ3) is 1.24. The summed E-state index contributed by atoms with van der Waals surface area (Å²) in [6, 6.07) is 2.96. The normalized spacial score (nSPS) is 10.9. The second-order valence-electron chi connectivity index (χ2n) is 2.66. The molecule has 0 unspecified atom stereocenters. The molecule has 0 aliphatic carbocycles. The molecule has 1 aromatic heterocycles. The average Bonchev–Trinajstić information content (AvgIpc) is 2.23. The molecule has 5 heteroatoms. The molecule has 0 saturated heterocycles. The maximum atomic E-state index is 13.4. The summed E-state index contributed by atoms with van der Waals surface area (Å²) in [5.41, 5.74) is 0.0774. The van der Waals surface area contributed by atoms with Crippen molar-refractivity contribution < 1.29 is 8.78 Å². The number of aromatic nitrogens is 1. The minimum Gasteiger partial charge on any atom is -0.254 e. The Morgan fingerprint density at radius 3 is 2.50 bits per heavy atom. The van der Waals surface area contributed by atoms with Crippen LogP contribution in [0.3, 0.4) is 0 Å². The molecule has 0 radical (unpaired) electrons. The van der Waals surface area contributed by atoms with Crippen molar-refractivity contribution in [2.75, 3.05) is 0 Å². The molecule has 0 bridgehead atoms. The predicted molar refractivity (Wildman–Crippen MR) is 51.7 cm³/mol. The Labute approximate surface area is 88.3 Å². The van der Waals surface area contributed by atoms with Gasteiger partial charge in [0, 0.05) is 11.6 Å². The van der Waals surface area contributed by atoms with Crippen molar-refractivity contribution in [3.05, 3.63) is 40.0 Å². The Bertz CT molecular complexity index is 467. The van der Waals surface area contributed by atoms with Crippen molar-refractivity contribution in [3.8, 4) is 0 Å². The van der Waals surface area contributed by atoms with Crippen LogP contribution in [0.2, 0.25) is 10.0 Å². The zero-order valence-electron chi connectivity index (χ0n) is 6.69. The lowest BCUT2D eigenvalue weighted by atomic mass is 10.2. The van der Waals surface area contributed by atoms with Crippen LogP contribution in [0, 0.1) is 11.6 Å². The zero-order valence-corrected chi connectivity index (χ0v) is 8.20. The Morgan fingerprint density at radius 1 is 1.07 bits per heavy atom. The highest BCUT2D eigenvalue weighted by molar-refractivity contribution is 6.38. The van der Waals surface area contributed by atoms with E-state index in [1.54, 1.807) is 0 Å². The monoisotopic (exact) mass is 233 g/mol. The third-order valence-corrected chi connectivity index (χ3v) is 2.51. The summed E-state index contributed by atoms with van der Waals surface area (Å²) in [7, 11) is 0. The van der Waals surface area contributed by atoms with Gasteiger partial charge in [0.1, 0.15) is 10.0 Å². The van der Waals surface area contributed by atoms with Crippen molar-refractivity contribution in [1.82, 2.24) is 4.98 Å². The van der Waals surface area contributed by atoms with Crippen molar-refractivity contribution >= 4 is 34.1 Å². The van der Waals surface area contributed by atoms with Gasteiger partial charge in [-0.1, -0.05) is 23.2 Å². The van der Waals surface area contributed by atoms with Gasteiger partial charge >= 0.3 is 0 Å². The van der Waals surface area contributed by atoms with E-state index < -0.39 is 16.7 Å². The van der Waals surface area contributed by atoms with Crippen molar-refractivity contribution in [2.45, 2.75) is 0 Å². The number of pyridine rings is 1.